The molecule has 0 aromatic rings. The molecular formula is C8H17O7P. The van der Waals surface area contributed by atoms with E-state index >= 15 is 0 Å². The monoisotopic (exact) mass is 256 g/mol. The number of rotatable bonds is 3. The Kier molecular flexibility index (Phi) is 4.48. The number of hydrogen-bond acceptors (Lipinski definition) is 6. The molecule has 0 saturated carbocycles. The van der Waals surface area contributed by atoms with E-state index in [1.807, 2.05) is 0 Å². The smallest absolute Gasteiger partial charge is 0.325 e. The molecule has 1 fully saturated rings. The maximum Gasteiger partial charge on any atom is 0.325 e. The van der Waals surface area contributed by atoms with E-state index in [2.05, 4.69) is 4.52 Å². The minimum Gasteiger partial charge on any atom is -0.388 e. The first-order valence-electron chi connectivity index (χ1n) is 4.87. The van der Waals surface area contributed by atoms with Gasteiger partial charge in [0.2, 0.25) is 0 Å². The molecule has 16 heavy (non-hydrogen) atoms. The molecular weight excluding hydrogens is 239 g/mol. The van der Waals surface area contributed by atoms with Crippen molar-refractivity contribution in [3.8, 4) is 0 Å². The van der Waals surface area contributed by atoms with Gasteiger partial charge in [-0.2, -0.15) is 0 Å². The summed E-state index contributed by atoms with van der Waals surface area (Å²) in [6, 6.07) is 0. The second-order valence-corrected chi connectivity index (χ2v) is 5.81. The average molecular weight is 256 g/mol. The van der Waals surface area contributed by atoms with Gasteiger partial charge in [-0.25, -0.2) is 0 Å². The van der Waals surface area contributed by atoms with Crippen LogP contribution in [0.25, 0.3) is 0 Å². The number of aliphatic hydroxyl groups excluding tert-OH is 3. The van der Waals surface area contributed by atoms with Crippen molar-refractivity contribution in [3.05, 3.63) is 0 Å². The highest BCUT2D eigenvalue weighted by atomic mass is 31.2. The van der Waals surface area contributed by atoms with Crippen molar-refractivity contribution in [2.24, 2.45) is 0 Å². The summed E-state index contributed by atoms with van der Waals surface area (Å²) in [6.45, 7) is 2.22. The van der Waals surface area contributed by atoms with E-state index in [1.54, 1.807) is 0 Å². The third-order valence-corrected chi connectivity index (χ3v) is 3.06. The Morgan fingerprint density at radius 2 is 1.81 bits per heavy atom. The van der Waals surface area contributed by atoms with E-state index in [4.69, 9.17) is 9.63 Å². The standard InChI is InChI=1S/C8H17O7P/c1-4-6(9)8(11)7(10)5(15-4)3-14-16(2,12)13/h4-11H,3H2,1-2H3,(H,12,13)/t4-,5+,6-,7+,8+/m0/s1. The van der Waals surface area contributed by atoms with Gasteiger partial charge in [0.05, 0.1) is 12.7 Å². The lowest BCUT2D eigenvalue weighted by Gasteiger charge is -2.39. The Bertz CT molecular complexity index is 278. The Hall–Kier alpha value is -0.0100. The van der Waals surface area contributed by atoms with Crippen molar-refractivity contribution in [2.45, 2.75) is 37.4 Å². The van der Waals surface area contributed by atoms with E-state index in [0.29, 0.717) is 0 Å². The summed E-state index contributed by atoms with van der Waals surface area (Å²) < 4.78 is 20.6. The molecule has 0 aromatic carbocycles. The van der Waals surface area contributed by atoms with Crippen LogP contribution in [0.3, 0.4) is 0 Å². The van der Waals surface area contributed by atoms with Crippen LogP contribution >= 0.6 is 7.60 Å². The van der Waals surface area contributed by atoms with Crippen LogP contribution in [-0.4, -0.2) is 64.0 Å². The molecule has 96 valence electrons. The molecule has 6 atom stereocenters. The summed E-state index contributed by atoms with van der Waals surface area (Å²) in [4.78, 5) is 8.90. The Labute approximate surface area is 93.2 Å². The van der Waals surface area contributed by atoms with Crippen LogP contribution in [0.2, 0.25) is 0 Å². The lowest BCUT2D eigenvalue weighted by atomic mass is 9.96. The lowest BCUT2D eigenvalue weighted by Crippen LogP contribution is -2.57. The zero-order valence-electron chi connectivity index (χ0n) is 9.05. The van der Waals surface area contributed by atoms with Crippen molar-refractivity contribution in [1.29, 1.82) is 0 Å². The molecule has 1 saturated heterocycles. The van der Waals surface area contributed by atoms with E-state index in [9.17, 15) is 19.9 Å². The SMILES string of the molecule is C[C@@H]1O[C@H](COP(C)(=O)O)[C@@H](O)[C@H](O)[C@H]1O. The molecule has 1 aliphatic heterocycles. The highest BCUT2D eigenvalue weighted by Gasteiger charge is 2.42. The van der Waals surface area contributed by atoms with Gasteiger partial charge in [0.1, 0.15) is 24.4 Å². The van der Waals surface area contributed by atoms with E-state index in [-0.39, 0.29) is 6.61 Å². The van der Waals surface area contributed by atoms with Gasteiger partial charge in [0, 0.05) is 6.66 Å². The van der Waals surface area contributed by atoms with Crippen LogP contribution in [0.4, 0.5) is 0 Å². The Morgan fingerprint density at radius 1 is 1.25 bits per heavy atom. The molecule has 0 radical (unpaired) electrons. The summed E-state index contributed by atoms with van der Waals surface area (Å²) in [5.74, 6) is 0. The highest BCUT2D eigenvalue weighted by Crippen LogP contribution is 2.37. The van der Waals surface area contributed by atoms with Crippen LogP contribution in [0.5, 0.6) is 0 Å². The van der Waals surface area contributed by atoms with Crippen LogP contribution in [-0.2, 0) is 13.8 Å². The zero-order valence-corrected chi connectivity index (χ0v) is 9.95. The van der Waals surface area contributed by atoms with Gasteiger partial charge in [-0.15, -0.1) is 0 Å². The lowest BCUT2D eigenvalue weighted by molar-refractivity contribution is -0.222. The van der Waals surface area contributed by atoms with Gasteiger partial charge in [-0.3, -0.25) is 4.57 Å². The minimum atomic E-state index is -3.65. The molecule has 0 bridgehead atoms. The summed E-state index contributed by atoms with van der Waals surface area (Å²) in [5, 5.41) is 28.4. The quantitative estimate of drug-likeness (QED) is 0.463. The van der Waals surface area contributed by atoms with Crippen molar-refractivity contribution in [3.63, 3.8) is 0 Å². The fourth-order valence-corrected chi connectivity index (χ4v) is 1.91. The average Bonchev–Trinajstić information content (AvgIpc) is 2.17. The molecule has 1 heterocycles. The van der Waals surface area contributed by atoms with Gasteiger partial charge < -0.3 is 29.5 Å². The van der Waals surface area contributed by atoms with Crippen molar-refractivity contribution in [1.82, 2.24) is 0 Å². The molecule has 0 amide bonds. The first-order valence-corrected chi connectivity index (χ1v) is 6.89. The molecule has 1 aliphatic rings. The van der Waals surface area contributed by atoms with Crippen molar-refractivity contribution < 1.29 is 34.0 Å². The van der Waals surface area contributed by atoms with E-state index in [0.717, 1.165) is 6.66 Å². The van der Waals surface area contributed by atoms with Gasteiger partial charge in [0.25, 0.3) is 0 Å². The fraction of sp³-hybridized carbons (Fsp3) is 1.00. The second-order valence-electron chi connectivity index (χ2n) is 3.95. The van der Waals surface area contributed by atoms with Gasteiger partial charge in [0.15, 0.2) is 0 Å². The number of aliphatic hydroxyl groups is 3. The maximum absolute atomic E-state index is 10.9. The third-order valence-electron chi connectivity index (χ3n) is 2.43. The highest BCUT2D eigenvalue weighted by molar-refractivity contribution is 7.51. The minimum absolute atomic E-state index is 0.320. The van der Waals surface area contributed by atoms with Gasteiger partial charge in [-0.05, 0) is 6.92 Å². The van der Waals surface area contributed by atoms with Gasteiger partial charge in [-0.1, -0.05) is 0 Å². The zero-order chi connectivity index (χ0) is 12.5. The predicted molar refractivity (Wildman–Crippen MR) is 54.1 cm³/mol. The number of ether oxygens (including phenoxy) is 1. The molecule has 0 aromatic heterocycles. The number of hydrogen-bond donors (Lipinski definition) is 4. The molecule has 1 unspecified atom stereocenters. The van der Waals surface area contributed by atoms with Crippen LogP contribution in [0, 0.1) is 0 Å². The maximum atomic E-state index is 10.9. The molecule has 8 heteroatoms. The largest absolute Gasteiger partial charge is 0.388 e. The second kappa shape index (κ2) is 5.10. The van der Waals surface area contributed by atoms with E-state index < -0.39 is 38.1 Å². The first-order chi connectivity index (χ1) is 7.22. The van der Waals surface area contributed by atoms with Gasteiger partial charge >= 0.3 is 7.60 Å². The Morgan fingerprint density at radius 3 is 2.31 bits per heavy atom. The van der Waals surface area contributed by atoms with Crippen LogP contribution in [0.1, 0.15) is 6.92 Å². The molecule has 7 nitrogen and oxygen atoms in total. The molecule has 4 N–H and O–H groups in total. The predicted octanol–water partition coefficient (Wildman–Crippen LogP) is -1.31. The Balaban J connectivity index is 2.57. The first kappa shape index (κ1) is 14.1. The molecule has 0 aliphatic carbocycles. The van der Waals surface area contributed by atoms with Crippen LogP contribution < -0.4 is 0 Å². The van der Waals surface area contributed by atoms with E-state index in [1.165, 1.54) is 6.92 Å². The summed E-state index contributed by atoms with van der Waals surface area (Å²) in [7, 11) is -3.65. The molecule has 1 rings (SSSR count). The third kappa shape index (κ3) is 3.49. The molecule has 0 spiro atoms. The summed E-state index contributed by atoms with van der Waals surface area (Å²) >= 11 is 0. The van der Waals surface area contributed by atoms with Crippen LogP contribution in [0.15, 0.2) is 0 Å². The van der Waals surface area contributed by atoms with Crippen molar-refractivity contribution >= 4 is 7.60 Å². The van der Waals surface area contributed by atoms with Crippen molar-refractivity contribution in [2.75, 3.05) is 13.3 Å². The summed E-state index contributed by atoms with van der Waals surface area (Å²) in [5.41, 5.74) is 0. The summed E-state index contributed by atoms with van der Waals surface area (Å²) in [6.07, 6.45) is -5.50. The fourth-order valence-electron chi connectivity index (χ4n) is 1.49. The normalized spacial score (nSPS) is 44.0. The topological polar surface area (TPSA) is 116 Å².